The molecule has 2 aromatic rings. The average molecular weight is 280 g/mol. The van der Waals surface area contributed by atoms with Gasteiger partial charge < -0.3 is 4.74 Å². The van der Waals surface area contributed by atoms with E-state index in [1.165, 1.54) is 0 Å². The van der Waals surface area contributed by atoms with E-state index >= 15 is 0 Å². The fourth-order valence-electron chi connectivity index (χ4n) is 1.92. The summed E-state index contributed by atoms with van der Waals surface area (Å²) in [6.07, 6.45) is 0. The van der Waals surface area contributed by atoms with Gasteiger partial charge in [0.25, 0.3) is 0 Å². The van der Waals surface area contributed by atoms with E-state index in [1.807, 2.05) is 13.0 Å². The molecule has 2 heterocycles. The Hall–Kier alpha value is -1.88. The van der Waals surface area contributed by atoms with Crippen molar-refractivity contribution in [3.05, 3.63) is 34.6 Å². The Balaban J connectivity index is 2.51. The molecule has 0 radical (unpaired) electrons. The van der Waals surface area contributed by atoms with Crippen LogP contribution in [0.4, 0.5) is 0 Å². The van der Waals surface area contributed by atoms with Crippen LogP contribution in [0.3, 0.4) is 0 Å². The molecule has 2 rings (SSSR count). The lowest BCUT2D eigenvalue weighted by Crippen LogP contribution is -2.07. The van der Waals surface area contributed by atoms with Crippen LogP contribution in [0.1, 0.15) is 23.0 Å². The van der Waals surface area contributed by atoms with Gasteiger partial charge in [0.1, 0.15) is 5.15 Å². The summed E-state index contributed by atoms with van der Waals surface area (Å²) < 4.78 is 6.59. The van der Waals surface area contributed by atoms with E-state index in [9.17, 15) is 4.79 Å². The number of aromatic nitrogens is 3. The molecule has 0 aromatic carbocycles. The number of aryl methyl sites for hydroxylation is 1. The van der Waals surface area contributed by atoms with E-state index in [1.54, 1.807) is 30.8 Å². The highest BCUT2D eigenvalue weighted by atomic mass is 35.5. The minimum atomic E-state index is -0.427. The molecular weight excluding hydrogens is 266 g/mol. The van der Waals surface area contributed by atoms with Crippen LogP contribution in [0.5, 0.6) is 0 Å². The van der Waals surface area contributed by atoms with Crippen molar-refractivity contribution in [2.24, 2.45) is 7.05 Å². The molecule has 0 N–H and O–H groups in total. The largest absolute Gasteiger partial charge is 0.461 e. The summed E-state index contributed by atoms with van der Waals surface area (Å²) in [6.45, 7) is 3.90. The summed E-state index contributed by atoms with van der Waals surface area (Å²) in [6, 6.07) is 5.33. The van der Waals surface area contributed by atoms with Gasteiger partial charge in [-0.15, -0.1) is 0 Å². The second-order valence-electron chi connectivity index (χ2n) is 4.01. The molecule has 0 spiro atoms. The predicted octanol–water partition coefficient (Wildman–Crippen LogP) is 2.62. The Morgan fingerprint density at radius 1 is 1.47 bits per heavy atom. The lowest BCUT2D eigenvalue weighted by Gasteiger charge is -2.03. The number of esters is 1. The molecule has 0 atom stereocenters. The first-order chi connectivity index (χ1) is 9.04. The number of carbonyl (C=O) groups excluding carboxylic acids is 1. The standard InChI is InChI=1S/C13H14ClN3O2/c1-4-19-13(18)11-8(2)12(17(3)16-11)9-6-5-7-10(14)15-9/h5-7H,4H2,1-3H3. The van der Waals surface area contributed by atoms with Crippen LogP contribution in [0.25, 0.3) is 11.4 Å². The van der Waals surface area contributed by atoms with Crippen LogP contribution in [-0.4, -0.2) is 27.3 Å². The highest BCUT2D eigenvalue weighted by molar-refractivity contribution is 6.29. The van der Waals surface area contributed by atoms with E-state index < -0.39 is 5.97 Å². The van der Waals surface area contributed by atoms with Gasteiger partial charge >= 0.3 is 5.97 Å². The van der Waals surface area contributed by atoms with Crippen molar-refractivity contribution in [1.29, 1.82) is 0 Å². The number of carbonyl (C=O) groups is 1. The molecule has 0 unspecified atom stereocenters. The lowest BCUT2D eigenvalue weighted by molar-refractivity contribution is 0.0518. The molecule has 19 heavy (non-hydrogen) atoms. The Bertz CT molecular complexity index is 622. The topological polar surface area (TPSA) is 57.0 Å². The Labute approximate surface area is 116 Å². The molecule has 0 amide bonds. The second kappa shape index (κ2) is 5.40. The van der Waals surface area contributed by atoms with E-state index in [0.717, 1.165) is 11.3 Å². The third-order valence-corrected chi connectivity index (χ3v) is 2.92. The van der Waals surface area contributed by atoms with Gasteiger partial charge in [-0.05, 0) is 26.0 Å². The van der Waals surface area contributed by atoms with Gasteiger partial charge in [-0.2, -0.15) is 5.10 Å². The number of hydrogen-bond donors (Lipinski definition) is 0. The quantitative estimate of drug-likeness (QED) is 0.640. The smallest absolute Gasteiger partial charge is 0.359 e. The van der Waals surface area contributed by atoms with Crippen LogP contribution < -0.4 is 0 Å². The third-order valence-electron chi connectivity index (χ3n) is 2.71. The van der Waals surface area contributed by atoms with Crippen molar-refractivity contribution < 1.29 is 9.53 Å². The zero-order valence-corrected chi connectivity index (χ0v) is 11.7. The number of pyridine rings is 1. The highest BCUT2D eigenvalue weighted by Crippen LogP contribution is 2.25. The molecule has 0 bridgehead atoms. The summed E-state index contributed by atoms with van der Waals surface area (Å²) in [4.78, 5) is 16.0. The maximum absolute atomic E-state index is 11.8. The summed E-state index contributed by atoms with van der Waals surface area (Å²) >= 11 is 5.89. The van der Waals surface area contributed by atoms with Crippen LogP contribution >= 0.6 is 11.6 Å². The number of ether oxygens (including phenoxy) is 1. The van der Waals surface area contributed by atoms with E-state index in [4.69, 9.17) is 16.3 Å². The third kappa shape index (κ3) is 2.61. The molecule has 5 nitrogen and oxygen atoms in total. The van der Waals surface area contributed by atoms with Gasteiger partial charge in [0.05, 0.1) is 18.0 Å². The number of rotatable bonds is 3. The normalized spacial score (nSPS) is 10.5. The van der Waals surface area contributed by atoms with Crippen molar-refractivity contribution in [1.82, 2.24) is 14.8 Å². The molecule has 0 aliphatic heterocycles. The number of halogens is 1. The molecule has 2 aromatic heterocycles. The van der Waals surface area contributed by atoms with Crippen LogP contribution in [0.2, 0.25) is 5.15 Å². The van der Waals surface area contributed by atoms with E-state index in [0.29, 0.717) is 23.1 Å². The fraction of sp³-hybridized carbons (Fsp3) is 0.308. The molecule has 0 saturated carbocycles. The lowest BCUT2D eigenvalue weighted by atomic mass is 10.1. The maximum Gasteiger partial charge on any atom is 0.359 e. The molecule has 0 aliphatic rings. The summed E-state index contributed by atoms with van der Waals surface area (Å²) in [5.74, 6) is -0.427. The predicted molar refractivity (Wildman–Crippen MR) is 72.1 cm³/mol. The minimum absolute atomic E-state index is 0.307. The first kappa shape index (κ1) is 13.5. The second-order valence-corrected chi connectivity index (χ2v) is 4.40. The van der Waals surface area contributed by atoms with Gasteiger partial charge in [0.15, 0.2) is 5.69 Å². The summed E-state index contributed by atoms with van der Waals surface area (Å²) in [5, 5.41) is 4.59. The van der Waals surface area contributed by atoms with Crippen molar-refractivity contribution in [3.63, 3.8) is 0 Å². The van der Waals surface area contributed by atoms with Gasteiger partial charge in [-0.1, -0.05) is 17.7 Å². The summed E-state index contributed by atoms with van der Waals surface area (Å²) in [5.41, 5.74) is 2.47. The molecule has 100 valence electrons. The van der Waals surface area contributed by atoms with Crippen molar-refractivity contribution >= 4 is 17.6 Å². The molecule has 0 aliphatic carbocycles. The molecule has 0 saturated heterocycles. The van der Waals surface area contributed by atoms with Crippen molar-refractivity contribution in [2.75, 3.05) is 6.61 Å². The van der Waals surface area contributed by atoms with Crippen molar-refractivity contribution in [2.45, 2.75) is 13.8 Å². The zero-order chi connectivity index (χ0) is 14.0. The molecule has 6 heteroatoms. The van der Waals surface area contributed by atoms with Crippen molar-refractivity contribution in [3.8, 4) is 11.4 Å². The first-order valence-corrected chi connectivity index (χ1v) is 6.26. The van der Waals surface area contributed by atoms with Crippen LogP contribution in [0.15, 0.2) is 18.2 Å². The monoisotopic (exact) mass is 279 g/mol. The Kier molecular flexibility index (Phi) is 3.85. The molecule has 0 fully saturated rings. The first-order valence-electron chi connectivity index (χ1n) is 5.88. The maximum atomic E-state index is 11.8. The molecular formula is C13H14ClN3O2. The average Bonchev–Trinajstić information content (AvgIpc) is 2.65. The SMILES string of the molecule is CCOC(=O)c1nn(C)c(-c2cccc(Cl)n2)c1C. The number of hydrogen-bond acceptors (Lipinski definition) is 4. The number of nitrogens with zero attached hydrogens (tertiary/aromatic N) is 3. The fourth-order valence-corrected chi connectivity index (χ4v) is 2.09. The van der Waals surface area contributed by atoms with E-state index in [2.05, 4.69) is 10.1 Å². The summed E-state index contributed by atoms with van der Waals surface area (Å²) in [7, 11) is 1.76. The minimum Gasteiger partial charge on any atom is -0.461 e. The Morgan fingerprint density at radius 3 is 2.84 bits per heavy atom. The van der Waals surface area contributed by atoms with E-state index in [-0.39, 0.29) is 0 Å². The zero-order valence-electron chi connectivity index (χ0n) is 11.0. The highest BCUT2D eigenvalue weighted by Gasteiger charge is 2.21. The van der Waals surface area contributed by atoms with Gasteiger partial charge in [-0.3, -0.25) is 4.68 Å². The van der Waals surface area contributed by atoms with Crippen LogP contribution in [-0.2, 0) is 11.8 Å². The van der Waals surface area contributed by atoms with Gasteiger partial charge in [-0.25, -0.2) is 9.78 Å². The van der Waals surface area contributed by atoms with Crippen LogP contribution in [0, 0.1) is 6.92 Å². The Morgan fingerprint density at radius 2 is 2.21 bits per heavy atom. The van der Waals surface area contributed by atoms with Gasteiger partial charge in [0, 0.05) is 12.6 Å². The van der Waals surface area contributed by atoms with Gasteiger partial charge in [0.2, 0.25) is 0 Å².